The molecule has 1 unspecified atom stereocenters. The average molecular weight is 324 g/mol. The van der Waals surface area contributed by atoms with Crippen LogP contribution in [-0.4, -0.2) is 38.7 Å². The number of carbonyl (C=O) groups excluding carboxylic acids is 1. The molecule has 1 fully saturated rings. The number of hydrogen-bond acceptors (Lipinski definition) is 3. The number of fused-ring (bicyclic) bond motifs is 1. The molecule has 3 heterocycles. The molecule has 5 heteroatoms. The summed E-state index contributed by atoms with van der Waals surface area (Å²) in [4.78, 5) is 15.0. The predicted molar refractivity (Wildman–Crippen MR) is 91.4 cm³/mol. The molecule has 0 saturated carbocycles. The molecular formula is C19H24N4O. The Morgan fingerprint density at radius 1 is 1.25 bits per heavy atom. The van der Waals surface area contributed by atoms with E-state index in [1.165, 1.54) is 5.56 Å². The Bertz CT molecular complexity index is 731. The fourth-order valence-corrected chi connectivity index (χ4v) is 4.16. The van der Waals surface area contributed by atoms with Crippen LogP contribution in [0, 0.1) is 11.8 Å². The molecular weight excluding hydrogens is 300 g/mol. The lowest BCUT2D eigenvalue weighted by Crippen LogP contribution is -2.64. The molecule has 5 nitrogen and oxygen atoms in total. The van der Waals surface area contributed by atoms with Crippen molar-refractivity contribution in [1.82, 2.24) is 19.7 Å². The van der Waals surface area contributed by atoms with Crippen molar-refractivity contribution in [1.29, 1.82) is 0 Å². The molecule has 126 valence electrons. The molecule has 0 radical (unpaired) electrons. The van der Waals surface area contributed by atoms with E-state index in [0.717, 1.165) is 38.3 Å². The molecule has 2 aromatic rings. The van der Waals surface area contributed by atoms with E-state index in [2.05, 4.69) is 54.4 Å². The molecule has 0 N–H and O–H groups in total. The van der Waals surface area contributed by atoms with Gasteiger partial charge in [0, 0.05) is 31.5 Å². The van der Waals surface area contributed by atoms with Crippen molar-refractivity contribution in [2.75, 3.05) is 13.1 Å². The second-order valence-corrected chi connectivity index (χ2v) is 7.51. The molecule has 1 atom stereocenters. The summed E-state index contributed by atoms with van der Waals surface area (Å²) in [7, 11) is 0. The molecule has 0 bridgehead atoms. The molecule has 0 aliphatic carbocycles. The Balaban J connectivity index is 1.47. The summed E-state index contributed by atoms with van der Waals surface area (Å²) in [5, 5.41) is 8.05. The van der Waals surface area contributed by atoms with Crippen LogP contribution in [0.3, 0.4) is 0 Å². The zero-order valence-corrected chi connectivity index (χ0v) is 14.4. The number of nitrogens with zero attached hydrogens (tertiary/aromatic N) is 4. The van der Waals surface area contributed by atoms with Gasteiger partial charge in [-0.05, 0) is 17.9 Å². The number of rotatable bonds is 3. The minimum Gasteiger partial charge on any atom is -0.340 e. The second-order valence-electron chi connectivity index (χ2n) is 7.51. The maximum Gasteiger partial charge on any atom is 0.227 e. The first-order valence-electron chi connectivity index (χ1n) is 8.81. The van der Waals surface area contributed by atoms with Crippen molar-refractivity contribution in [2.24, 2.45) is 11.8 Å². The lowest BCUT2D eigenvalue weighted by molar-refractivity contribution is -0.146. The van der Waals surface area contributed by atoms with Gasteiger partial charge in [0.05, 0.1) is 5.92 Å². The molecule has 4 rings (SSSR count). The van der Waals surface area contributed by atoms with Gasteiger partial charge in [0.2, 0.25) is 5.91 Å². The average Bonchev–Trinajstić information content (AvgIpc) is 3.02. The smallest absolute Gasteiger partial charge is 0.227 e. The fourth-order valence-electron chi connectivity index (χ4n) is 4.16. The number of benzene rings is 1. The van der Waals surface area contributed by atoms with Crippen LogP contribution in [0.2, 0.25) is 0 Å². The molecule has 1 aromatic carbocycles. The third-order valence-electron chi connectivity index (χ3n) is 5.89. The van der Waals surface area contributed by atoms with Crippen LogP contribution >= 0.6 is 0 Å². The Hall–Kier alpha value is -2.17. The highest BCUT2D eigenvalue weighted by atomic mass is 16.2. The SMILES string of the molecule is CC(C)C1(c2ccccc2)CN(C(=O)C2CCc3nncn3C2)C1. The van der Waals surface area contributed by atoms with Gasteiger partial charge in [0.1, 0.15) is 12.2 Å². The van der Waals surface area contributed by atoms with Gasteiger partial charge in [-0.25, -0.2) is 0 Å². The van der Waals surface area contributed by atoms with Crippen LogP contribution in [0.4, 0.5) is 0 Å². The first-order chi connectivity index (χ1) is 11.6. The maximum absolute atomic E-state index is 12.9. The van der Waals surface area contributed by atoms with Gasteiger partial charge in [-0.15, -0.1) is 10.2 Å². The maximum atomic E-state index is 12.9. The third kappa shape index (κ3) is 2.34. The van der Waals surface area contributed by atoms with E-state index < -0.39 is 0 Å². The summed E-state index contributed by atoms with van der Waals surface area (Å²) in [5.74, 6) is 1.87. The van der Waals surface area contributed by atoms with Crippen molar-refractivity contribution in [3.63, 3.8) is 0 Å². The second kappa shape index (κ2) is 5.72. The number of aryl methyl sites for hydroxylation is 1. The highest BCUT2D eigenvalue weighted by Gasteiger charge is 2.49. The standard InChI is InChI=1S/C19H24N4O/c1-14(2)19(16-6-4-3-5-7-16)11-23(12-19)18(24)15-8-9-17-21-20-13-22(17)10-15/h3-7,13-15H,8-12H2,1-2H3. The van der Waals surface area contributed by atoms with Crippen LogP contribution < -0.4 is 0 Å². The van der Waals surface area contributed by atoms with Crippen molar-refractivity contribution in [3.8, 4) is 0 Å². The monoisotopic (exact) mass is 324 g/mol. The molecule has 2 aliphatic rings. The van der Waals surface area contributed by atoms with Gasteiger partial charge >= 0.3 is 0 Å². The predicted octanol–water partition coefficient (Wildman–Crippen LogP) is 2.28. The minimum atomic E-state index is 0.0643. The van der Waals surface area contributed by atoms with Gasteiger partial charge in [-0.2, -0.15) is 0 Å². The van der Waals surface area contributed by atoms with E-state index in [0.29, 0.717) is 11.8 Å². The quantitative estimate of drug-likeness (QED) is 0.870. The van der Waals surface area contributed by atoms with Gasteiger partial charge in [0.25, 0.3) is 0 Å². The van der Waals surface area contributed by atoms with Crippen molar-refractivity contribution >= 4 is 5.91 Å². The van der Waals surface area contributed by atoms with Crippen LogP contribution in [0.1, 0.15) is 31.7 Å². The van der Waals surface area contributed by atoms with Gasteiger partial charge < -0.3 is 9.47 Å². The lowest BCUT2D eigenvalue weighted by Gasteiger charge is -2.54. The first-order valence-corrected chi connectivity index (χ1v) is 8.81. The molecule has 1 saturated heterocycles. The summed E-state index contributed by atoms with van der Waals surface area (Å²) >= 11 is 0. The number of aromatic nitrogens is 3. The number of likely N-dealkylation sites (tertiary alicyclic amines) is 1. The minimum absolute atomic E-state index is 0.0643. The highest BCUT2D eigenvalue weighted by molar-refractivity contribution is 5.80. The van der Waals surface area contributed by atoms with E-state index in [1.807, 2.05) is 9.47 Å². The van der Waals surface area contributed by atoms with E-state index in [1.54, 1.807) is 6.33 Å². The summed E-state index contributed by atoms with van der Waals surface area (Å²) in [6.07, 6.45) is 3.47. The Morgan fingerprint density at radius 3 is 2.71 bits per heavy atom. The highest BCUT2D eigenvalue weighted by Crippen LogP contribution is 2.42. The van der Waals surface area contributed by atoms with Crippen molar-refractivity contribution < 1.29 is 4.79 Å². The summed E-state index contributed by atoms with van der Waals surface area (Å²) in [6, 6.07) is 10.6. The van der Waals surface area contributed by atoms with Crippen LogP contribution in [0.25, 0.3) is 0 Å². The molecule has 1 aromatic heterocycles. The molecule has 2 aliphatic heterocycles. The lowest BCUT2D eigenvalue weighted by atomic mass is 9.66. The summed E-state index contributed by atoms with van der Waals surface area (Å²) < 4.78 is 2.03. The van der Waals surface area contributed by atoms with Gasteiger partial charge in [0.15, 0.2) is 0 Å². The summed E-state index contributed by atoms with van der Waals surface area (Å²) in [5.41, 5.74) is 1.46. The molecule has 0 spiro atoms. The first kappa shape index (κ1) is 15.4. The number of amides is 1. The van der Waals surface area contributed by atoms with E-state index in [9.17, 15) is 4.79 Å². The van der Waals surface area contributed by atoms with E-state index >= 15 is 0 Å². The van der Waals surface area contributed by atoms with E-state index in [4.69, 9.17) is 0 Å². The molecule has 24 heavy (non-hydrogen) atoms. The summed E-state index contributed by atoms with van der Waals surface area (Å²) in [6.45, 7) is 6.91. The zero-order chi connectivity index (χ0) is 16.7. The van der Waals surface area contributed by atoms with Crippen molar-refractivity contribution in [2.45, 2.75) is 38.6 Å². The normalized spacial score (nSPS) is 22.1. The van der Waals surface area contributed by atoms with Gasteiger partial charge in [-0.1, -0.05) is 44.2 Å². The van der Waals surface area contributed by atoms with Gasteiger partial charge in [-0.3, -0.25) is 4.79 Å². The zero-order valence-electron chi connectivity index (χ0n) is 14.4. The topological polar surface area (TPSA) is 51.0 Å². The molecule has 1 amide bonds. The number of carbonyl (C=O) groups is 1. The Labute approximate surface area is 142 Å². The Morgan fingerprint density at radius 2 is 2.00 bits per heavy atom. The third-order valence-corrected chi connectivity index (χ3v) is 5.89. The van der Waals surface area contributed by atoms with E-state index in [-0.39, 0.29) is 11.3 Å². The van der Waals surface area contributed by atoms with Crippen LogP contribution in [0.15, 0.2) is 36.7 Å². The number of hydrogen-bond donors (Lipinski definition) is 0. The van der Waals surface area contributed by atoms with Crippen molar-refractivity contribution in [3.05, 3.63) is 48.0 Å². The van der Waals surface area contributed by atoms with Crippen LogP contribution in [0.5, 0.6) is 0 Å². The Kier molecular flexibility index (Phi) is 3.66. The fraction of sp³-hybridized carbons (Fsp3) is 0.526. The van der Waals surface area contributed by atoms with Crippen LogP contribution in [-0.2, 0) is 23.2 Å². The largest absolute Gasteiger partial charge is 0.340 e.